The largest absolute Gasteiger partial charge is 0.354 e. The van der Waals surface area contributed by atoms with Crippen LogP contribution < -0.4 is 5.32 Å². The highest BCUT2D eigenvalue weighted by Gasteiger charge is 2.21. The second kappa shape index (κ2) is 4.23. The van der Waals surface area contributed by atoms with E-state index in [9.17, 15) is 4.79 Å². The van der Waals surface area contributed by atoms with Gasteiger partial charge in [0.25, 0.3) is 5.91 Å². The van der Waals surface area contributed by atoms with Gasteiger partial charge in [0.1, 0.15) is 0 Å². The standard InChI is InChI=1S/C17H14N2O/c20-17-13-7-4-8-14-15(13)12(9-10-18-17)16(19-14)11-5-2-1-3-6-11/h1-8,19H,9-10H2,(H,18,20). The van der Waals surface area contributed by atoms with Crippen molar-refractivity contribution in [1.29, 1.82) is 0 Å². The predicted molar refractivity (Wildman–Crippen MR) is 79.8 cm³/mol. The van der Waals surface area contributed by atoms with Gasteiger partial charge in [0.15, 0.2) is 0 Å². The van der Waals surface area contributed by atoms with Gasteiger partial charge in [-0.2, -0.15) is 0 Å². The minimum Gasteiger partial charge on any atom is -0.354 e. The summed E-state index contributed by atoms with van der Waals surface area (Å²) < 4.78 is 0. The van der Waals surface area contributed by atoms with Gasteiger partial charge in [-0.05, 0) is 29.7 Å². The first-order valence-electron chi connectivity index (χ1n) is 6.82. The topological polar surface area (TPSA) is 44.9 Å². The van der Waals surface area contributed by atoms with Crippen LogP contribution in [0.3, 0.4) is 0 Å². The molecule has 0 bridgehead atoms. The Morgan fingerprint density at radius 2 is 1.80 bits per heavy atom. The lowest BCUT2D eigenvalue weighted by molar-refractivity contribution is 0.0957. The van der Waals surface area contributed by atoms with E-state index in [4.69, 9.17) is 0 Å². The van der Waals surface area contributed by atoms with E-state index in [-0.39, 0.29) is 5.91 Å². The fourth-order valence-corrected chi connectivity index (χ4v) is 3.00. The van der Waals surface area contributed by atoms with E-state index in [1.165, 1.54) is 11.1 Å². The second-order valence-electron chi connectivity index (χ2n) is 5.08. The van der Waals surface area contributed by atoms with Crippen LogP contribution in [-0.2, 0) is 6.42 Å². The molecule has 0 unspecified atom stereocenters. The molecule has 0 saturated heterocycles. The molecule has 2 aromatic carbocycles. The molecule has 20 heavy (non-hydrogen) atoms. The van der Waals surface area contributed by atoms with Crippen LogP contribution >= 0.6 is 0 Å². The van der Waals surface area contributed by atoms with E-state index in [1.54, 1.807) is 0 Å². The lowest BCUT2D eigenvalue weighted by Gasteiger charge is -2.03. The van der Waals surface area contributed by atoms with E-state index in [2.05, 4.69) is 22.4 Å². The SMILES string of the molecule is O=C1NCCc2c(-c3ccccc3)[nH]c3cccc1c23. The summed E-state index contributed by atoms with van der Waals surface area (Å²) in [5.74, 6) is 0.0213. The summed E-state index contributed by atoms with van der Waals surface area (Å²) in [6, 6.07) is 16.1. The number of rotatable bonds is 1. The fraction of sp³-hybridized carbons (Fsp3) is 0.118. The van der Waals surface area contributed by atoms with Crippen LogP contribution in [0.4, 0.5) is 0 Å². The van der Waals surface area contributed by atoms with Crippen LogP contribution in [0.25, 0.3) is 22.2 Å². The third-order valence-electron chi connectivity index (χ3n) is 3.90. The molecule has 0 aliphatic carbocycles. The van der Waals surface area contributed by atoms with Gasteiger partial charge in [0, 0.05) is 28.7 Å². The highest BCUT2D eigenvalue weighted by molar-refractivity contribution is 6.10. The van der Waals surface area contributed by atoms with Crippen LogP contribution in [-0.4, -0.2) is 17.4 Å². The molecule has 3 aromatic rings. The normalized spacial score (nSPS) is 14.1. The molecule has 0 atom stereocenters. The number of hydrogen-bond acceptors (Lipinski definition) is 1. The summed E-state index contributed by atoms with van der Waals surface area (Å²) in [5, 5.41) is 4.03. The fourth-order valence-electron chi connectivity index (χ4n) is 3.00. The third kappa shape index (κ3) is 1.56. The van der Waals surface area contributed by atoms with Gasteiger partial charge in [-0.15, -0.1) is 0 Å². The Labute approximate surface area is 116 Å². The van der Waals surface area contributed by atoms with Crippen molar-refractivity contribution in [2.45, 2.75) is 6.42 Å². The molecule has 3 nitrogen and oxygen atoms in total. The minimum absolute atomic E-state index is 0.0213. The Hall–Kier alpha value is -2.55. The quantitative estimate of drug-likeness (QED) is 0.695. The summed E-state index contributed by atoms with van der Waals surface area (Å²) >= 11 is 0. The Morgan fingerprint density at radius 1 is 0.950 bits per heavy atom. The van der Waals surface area contributed by atoms with Crippen LogP contribution in [0.1, 0.15) is 15.9 Å². The summed E-state index contributed by atoms with van der Waals surface area (Å²) in [5.41, 5.74) is 5.34. The summed E-state index contributed by atoms with van der Waals surface area (Å²) in [6.45, 7) is 0.681. The smallest absolute Gasteiger partial charge is 0.251 e. The lowest BCUT2D eigenvalue weighted by atomic mass is 10.0. The van der Waals surface area contributed by atoms with Crippen molar-refractivity contribution in [2.24, 2.45) is 0 Å². The molecule has 0 spiro atoms. The van der Waals surface area contributed by atoms with Gasteiger partial charge in [-0.1, -0.05) is 36.4 Å². The number of aromatic amines is 1. The Balaban J connectivity index is 2.07. The molecule has 0 radical (unpaired) electrons. The van der Waals surface area contributed by atoms with E-state index in [1.807, 2.05) is 36.4 Å². The number of benzene rings is 2. The number of aromatic nitrogens is 1. The monoisotopic (exact) mass is 262 g/mol. The highest BCUT2D eigenvalue weighted by atomic mass is 16.1. The van der Waals surface area contributed by atoms with Crippen LogP contribution in [0.2, 0.25) is 0 Å². The Morgan fingerprint density at radius 3 is 2.65 bits per heavy atom. The third-order valence-corrected chi connectivity index (χ3v) is 3.90. The zero-order valence-corrected chi connectivity index (χ0v) is 10.9. The van der Waals surface area contributed by atoms with Crippen molar-refractivity contribution in [3.63, 3.8) is 0 Å². The first kappa shape index (κ1) is 11.3. The van der Waals surface area contributed by atoms with Crippen LogP contribution in [0.15, 0.2) is 48.5 Å². The molecular formula is C17H14N2O. The minimum atomic E-state index is 0.0213. The van der Waals surface area contributed by atoms with Crippen molar-refractivity contribution < 1.29 is 4.79 Å². The molecule has 4 rings (SSSR count). The van der Waals surface area contributed by atoms with Crippen molar-refractivity contribution in [3.05, 3.63) is 59.7 Å². The number of carbonyl (C=O) groups is 1. The first-order valence-corrected chi connectivity index (χ1v) is 6.82. The number of hydrogen-bond donors (Lipinski definition) is 2. The average Bonchev–Trinajstić information content (AvgIpc) is 2.78. The molecule has 2 heterocycles. The van der Waals surface area contributed by atoms with Gasteiger partial charge in [-0.3, -0.25) is 4.79 Å². The highest BCUT2D eigenvalue weighted by Crippen LogP contribution is 2.33. The zero-order chi connectivity index (χ0) is 13.5. The Bertz CT molecular complexity index is 802. The van der Waals surface area contributed by atoms with E-state index in [0.717, 1.165) is 28.6 Å². The van der Waals surface area contributed by atoms with Crippen molar-refractivity contribution in [1.82, 2.24) is 10.3 Å². The molecule has 1 amide bonds. The maximum absolute atomic E-state index is 12.1. The average molecular weight is 262 g/mol. The molecule has 0 fully saturated rings. The number of carbonyl (C=O) groups excluding carboxylic acids is 1. The first-order chi connectivity index (χ1) is 9.84. The zero-order valence-electron chi connectivity index (χ0n) is 10.9. The number of H-pyrrole nitrogens is 1. The van der Waals surface area contributed by atoms with Gasteiger partial charge in [0.05, 0.1) is 0 Å². The summed E-state index contributed by atoms with van der Waals surface area (Å²) in [4.78, 5) is 15.6. The van der Waals surface area contributed by atoms with Gasteiger partial charge in [-0.25, -0.2) is 0 Å². The van der Waals surface area contributed by atoms with E-state index >= 15 is 0 Å². The second-order valence-corrected chi connectivity index (χ2v) is 5.08. The molecule has 0 saturated carbocycles. The van der Waals surface area contributed by atoms with Gasteiger partial charge in [0.2, 0.25) is 0 Å². The number of nitrogens with one attached hydrogen (secondary N) is 2. The van der Waals surface area contributed by atoms with E-state index < -0.39 is 0 Å². The Kier molecular flexibility index (Phi) is 2.39. The van der Waals surface area contributed by atoms with Gasteiger partial charge >= 0.3 is 0 Å². The van der Waals surface area contributed by atoms with Crippen molar-refractivity contribution >= 4 is 16.8 Å². The van der Waals surface area contributed by atoms with Crippen LogP contribution in [0.5, 0.6) is 0 Å². The molecule has 1 aromatic heterocycles. The number of amides is 1. The van der Waals surface area contributed by atoms with Crippen LogP contribution in [0, 0.1) is 0 Å². The molecule has 98 valence electrons. The molecule has 2 N–H and O–H groups in total. The summed E-state index contributed by atoms with van der Waals surface area (Å²) in [7, 11) is 0. The van der Waals surface area contributed by atoms with Crippen molar-refractivity contribution in [2.75, 3.05) is 6.54 Å². The molecule has 3 heteroatoms. The maximum atomic E-state index is 12.1. The molecular weight excluding hydrogens is 248 g/mol. The van der Waals surface area contributed by atoms with Crippen molar-refractivity contribution in [3.8, 4) is 11.3 Å². The summed E-state index contributed by atoms with van der Waals surface area (Å²) in [6.07, 6.45) is 0.854. The predicted octanol–water partition coefficient (Wildman–Crippen LogP) is 3.12. The van der Waals surface area contributed by atoms with Gasteiger partial charge < -0.3 is 10.3 Å². The molecule has 1 aliphatic heterocycles. The molecule has 1 aliphatic rings. The van der Waals surface area contributed by atoms with E-state index in [0.29, 0.717) is 6.54 Å². The lowest BCUT2D eigenvalue weighted by Crippen LogP contribution is -2.23. The maximum Gasteiger partial charge on any atom is 0.251 e.